The van der Waals surface area contributed by atoms with Crippen LogP contribution in [0.25, 0.3) is 0 Å². The van der Waals surface area contributed by atoms with Crippen molar-refractivity contribution in [3.63, 3.8) is 0 Å². The van der Waals surface area contributed by atoms with E-state index in [-0.39, 0.29) is 11.3 Å². The van der Waals surface area contributed by atoms with Crippen LogP contribution in [0.15, 0.2) is 28.7 Å². The van der Waals surface area contributed by atoms with E-state index in [2.05, 4.69) is 47.2 Å². The summed E-state index contributed by atoms with van der Waals surface area (Å²) in [6.45, 7) is 5.01. The molecule has 0 unspecified atom stereocenters. The van der Waals surface area contributed by atoms with E-state index >= 15 is 0 Å². The van der Waals surface area contributed by atoms with Gasteiger partial charge >= 0.3 is 0 Å². The molecular weight excluding hydrogens is 302 g/mol. The van der Waals surface area contributed by atoms with E-state index in [9.17, 15) is 4.79 Å². The van der Waals surface area contributed by atoms with E-state index in [0.29, 0.717) is 5.92 Å². The van der Waals surface area contributed by atoms with Gasteiger partial charge in [-0.2, -0.15) is 0 Å². The molecule has 2 rings (SSSR count). The van der Waals surface area contributed by atoms with Crippen LogP contribution in [0.3, 0.4) is 0 Å². The van der Waals surface area contributed by atoms with Gasteiger partial charge in [-0.15, -0.1) is 0 Å². The third-order valence-electron chi connectivity index (χ3n) is 3.96. The van der Waals surface area contributed by atoms with E-state index in [1.807, 2.05) is 12.1 Å². The lowest BCUT2D eigenvalue weighted by Crippen LogP contribution is -2.43. The molecule has 1 amide bonds. The van der Waals surface area contributed by atoms with Crippen LogP contribution in [0.4, 0.5) is 0 Å². The van der Waals surface area contributed by atoms with Gasteiger partial charge in [0.15, 0.2) is 0 Å². The summed E-state index contributed by atoms with van der Waals surface area (Å²) in [5.74, 6) is 0.702. The molecule has 3 heteroatoms. The average molecular weight is 324 g/mol. The van der Waals surface area contributed by atoms with Crippen LogP contribution in [-0.2, 0) is 10.2 Å². The molecule has 1 saturated carbocycles. The van der Waals surface area contributed by atoms with Gasteiger partial charge in [0.1, 0.15) is 0 Å². The van der Waals surface area contributed by atoms with Crippen molar-refractivity contribution in [1.29, 1.82) is 0 Å². The van der Waals surface area contributed by atoms with E-state index in [0.717, 1.165) is 42.3 Å². The first-order valence-electron chi connectivity index (χ1n) is 7.09. The summed E-state index contributed by atoms with van der Waals surface area (Å²) in [5, 5.41) is 3.13. The largest absolute Gasteiger partial charge is 0.355 e. The first-order valence-corrected chi connectivity index (χ1v) is 7.88. The standard InChI is InChI=1S/C16H22BrNO/c1-12(2)11-18-15(19)16(9-3-4-10-16)13-5-7-14(17)8-6-13/h5-8,12H,3-4,9-11H2,1-2H3,(H,18,19). The Kier molecular flexibility index (Phi) is 4.67. The van der Waals surface area contributed by atoms with E-state index in [1.54, 1.807) is 0 Å². The van der Waals surface area contributed by atoms with E-state index in [4.69, 9.17) is 0 Å². The highest BCUT2D eigenvalue weighted by molar-refractivity contribution is 9.10. The second-order valence-corrected chi connectivity index (χ2v) is 6.82. The summed E-state index contributed by atoms with van der Waals surface area (Å²) in [5.41, 5.74) is 0.865. The molecule has 0 aromatic heterocycles. The number of hydrogen-bond acceptors (Lipinski definition) is 1. The Morgan fingerprint density at radius 3 is 2.37 bits per heavy atom. The third kappa shape index (κ3) is 3.19. The van der Waals surface area contributed by atoms with Gasteiger partial charge in [0.25, 0.3) is 0 Å². The fraction of sp³-hybridized carbons (Fsp3) is 0.562. The summed E-state index contributed by atoms with van der Waals surface area (Å²) < 4.78 is 1.06. The molecule has 104 valence electrons. The summed E-state index contributed by atoms with van der Waals surface area (Å²) in [7, 11) is 0. The Bertz CT molecular complexity index is 433. The zero-order chi connectivity index (χ0) is 13.9. The number of rotatable bonds is 4. The average Bonchev–Trinajstić information content (AvgIpc) is 2.87. The lowest BCUT2D eigenvalue weighted by atomic mass is 9.78. The number of carbonyl (C=O) groups excluding carboxylic acids is 1. The van der Waals surface area contributed by atoms with E-state index in [1.165, 1.54) is 0 Å². The molecule has 19 heavy (non-hydrogen) atoms. The highest BCUT2D eigenvalue weighted by Crippen LogP contribution is 2.41. The number of hydrogen-bond donors (Lipinski definition) is 1. The Labute approximate surface area is 124 Å². The maximum absolute atomic E-state index is 12.6. The molecule has 0 spiro atoms. The molecule has 0 atom stereocenters. The predicted molar refractivity (Wildman–Crippen MR) is 82.1 cm³/mol. The summed E-state index contributed by atoms with van der Waals surface area (Å²) in [6.07, 6.45) is 4.23. The molecule has 1 aromatic carbocycles. The van der Waals surface area contributed by atoms with Gasteiger partial charge in [-0.3, -0.25) is 4.79 Å². The van der Waals surface area contributed by atoms with Crippen LogP contribution in [0.2, 0.25) is 0 Å². The zero-order valence-corrected chi connectivity index (χ0v) is 13.3. The summed E-state index contributed by atoms with van der Waals surface area (Å²) in [6, 6.07) is 8.24. The zero-order valence-electron chi connectivity index (χ0n) is 11.7. The van der Waals surface area contributed by atoms with Crippen molar-refractivity contribution >= 4 is 21.8 Å². The molecule has 0 bridgehead atoms. The fourth-order valence-corrected chi connectivity index (χ4v) is 3.12. The Hall–Kier alpha value is -0.830. The van der Waals surface area contributed by atoms with Gasteiger partial charge in [0.2, 0.25) is 5.91 Å². The summed E-state index contributed by atoms with van der Waals surface area (Å²) >= 11 is 3.46. The fourth-order valence-electron chi connectivity index (χ4n) is 2.86. The molecule has 0 aliphatic heterocycles. The predicted octanol–water partition coefficient (Wildman–Crippen LogP) is 4.03. The van der Waals surface area contributed by atoms with Crippen LogP contribution in [-0.4, -0.2) is 12.5 Å². The van der Waals surface area contributed by atoms with E-state index < -0.39 is 0 Å². The third-order valence-corrected chi connectivity index (χ3v) is 4.49. The normalized spacial score (nSPS) is 17.7. The number of benzene rings is 1. The number of carbonyl (C=O) groups is 1. The minimum Gasteiger partial charge on any atom is -0.355 e. The minimum absolute atomic E-state index is 0.209. The molecule has 2 nitrogen and oxygen atoms in total. The molecular formula is C16H22BrNO. The first kappa shape index (κ1) is 14.6. The van der Waals surface area contributed by atoms with Crippen molar-refractivity contribution in [2.45, 2.75) is 44.9 Å². The lowest BCUT2D eigenvalue weighted by molar-refractivity contribution is -0.126. The van der Waals surface area contributed by atoms with Crippen LogP contribution < -0.4 is 5.32 Å². The monoisotopic (exact) mass is 323 g/mol. The minimum atomic E-state index is -0.296. The molecule has 1 aliphatic rings. The van der Waals surface area contributed by atoms with Gasteiger partial charge in [-0.1, -0.05) is 54.8 Å². The van der Waals surface area contributed by atoms with Crippen LogP contribution >= 0.6 is 15.9 Å². The summed E-state index contributed by atoms with van der Waals surface area (Å²) in [4.78, 5) is 12.6. The SMILES string of the molecule is CC(C)CNC(=O)C1(c2ccc(Br)cc2)CCCC1. The molecule has 0 heterocycles. The molecule has 0 radical (unpaired) electrons. The number of amides is 1. The molecule has 1 aromatic rings. The molecule has 0 saturated heterocycles. The van der Waals surface area contributed by atoms with Crippen molar-refractivity contribution < 1.29 is 4.79 Å². The van der Waals surface area contributed by atoms with Gasteiger partial charge < -0.3 is 5.32 Å². The van der Waals surface area contributed by atoms with Crippen molar-refractivity contribution in [2.24, 2.45) is 5.92 Å². The van der Waals surface area contributed by atoms with Crippen molar-refractivity contribution in [3.8, 4) is 0 Å². The van der Waals surface area contributed by atoms with Gasteiger partial charge in [0, 0.05) is 11.0 Å². The van der Waals surface area contributed by atoms with Gasteiger partial charge in [-0.25, -0.2) is 0 Å². The Morgan fingerprint density at radius 1 is 1.26 bits per heavy atom. The second kappa shape index (κ2) is 6.08. The Morgan fingerprint density at radius 2 is 1.84 bits per heavy atom. The van der Waals surface area contributed by atoms with Crippen molar-refractivity contribution in [1.82, 2.24) is 5.32 Å². The number of halogens is 1. The van der Waals surface area contributed by atoms with Crippen molar-refractivity contribution in [2.75, 3.05) is 6.54 Å². The van der Waals surface area contributed by atoms with Gasteiger partial charge in [-0.05, 0) is 36.5 Å². The van der Waals surface area contributed by atoms with Gasteiger partial charge in [0.05, 0.1) is 5.41 Å². The maximum Gasteiger partial charge on any atom is 0.230 e. The molecule has 1 fully saturated rings. The second-order valence-electron chi connectivity index (χ2n) is 5.90. The lowest BCUT2D eigenvalue weighted by Gasteiger charge is -2.29. The number of nitrogens with one attached hydrogen (secondary N) is 1. The topological polar surface area (TPSA) is 29.1 Å². The smallest absolute Gasteiger partial charge is 0.230 e. The first-order chi connectivity index (χ1) is 9.04. The molecule has 1 aliphatic carbocycles. The highest BCUT2D eigenvalue weighted by Gasteiger charge is 2.42. The van der Waals surface area contributed by atoms with Crippen molar-refractivity contribution in [3.05, 3.63) is 34.3 Å². The van der Waals surface area contributed by atoms with Crippen LogP contribution in [0.1, 0.15) is 45.1 Å². The highest BCUT2D eigenvalue weighted by atomic mass is 79.9. The molecule has 1 N–H and O–H groups in total. The Balaban J connectivity index is 2.22. The van der Waals surface area contributed by atoms with Crippen LogP contribution in [0, 0.1) is 5.92 Å². The maximum atomic E-state index is 12.6. The van der Waals surface area contributed by atoms with Crippen LogP contribution in [0.5, 0.6) is 0 Å². The quantitative estimate of drug-likeness (QED) is 0.890.